The highest BCUT2D eigenvalue weighted by molar-refractivity contribution is 7.99. The van der Waals surface area contributed by atoms with Crippen molar-refractivity contribution in [3.63, 3.8) is 0 Å². The fraction of sp³-hybridized carbons (Fsp3) is 0.433. The van der Waals surface area contributed by atoms with Gasteiger partial charge in [-0.25, -0.2) is 14.8 Å². The summed E-state index contributed by atoms with van der Waals surface area (Å²) in [5.41, 5.74) is 1.61. The summed E-state index contributed by atoms with van der Waals surface area (Å²) in [6, 6.07) is 9.82. The first-order valence-corrected chi connectivity index (χ1v) is 14.6. The molecule has 2 aliphatic rings. The molecule has 1 atom stereocenters. The van der Waals surface area contributed by atoms with Gasteiger partial charge >= 0.3 is 6.09 Å². The van der Waals surface area contributed by atoms with Crippen molar-refractivity contribution in [1.82, 2.24) is 24.7 Å². The average Bonchev–Trinajstić information content (AvgIpc) is 3.60. The van der Waals surface area contributed by atoms with Crippen molar-refractivity contribution in [1.29, 1.82) is 5.26 Å². The molecular formula is C30H33N7O2S. The number of nitrogens with zero attached hydrogens (tertiary/aromatic N) is 6. The number of aromatic nitrogens is 4. The Bertz CT molecular complexity index is 1610. The van der Waals surface area contributed by atoms with Gasteiger partial charge in [0, 0.05) is 48.2 Å². The van der Waals surface area contributed by atoms with Gasteiger partial charge in [0.1, 0.15) is 11.7 Å². The molecule has 0 radical (unpaired) electrons. The molecule has 9 nitrogen and oxygen atoms in total. The molecule has 1 unspecified atom stereocenters. The summed E-state index contributed by atoms with van der Waals surface area (Å²) in [6.45, 7) is 7.20. The molecule has 2 fully saturated rings. The van der Waals surface area contributed by atoms with Crippen LogP contribution in [0.15, 0.2) is 58.8 Å². The standard InChI is InChI=1S/C30H33N7O2S/c1-29(2,3)39-28(38)35-24-19-36(15-12-30(24)10-4-5-11-30)27-34-18-23(26-33-14-16-37(26)27)40-22-9-13-32-25-20(17-31)7-6-8-21(22)25/h6-9,13-14,16,18,24H,4-5,10-12,15,19H2,1-3H3,(H,35,38). The van der Waals surface area contributed by atoms with Crippen LogP contribution in [-0.4, -0.2) is 50.2 Å². The van der Waals surface area contributed by atoms with E-state index in [-0.39, 0.29) is 17.6 Å². The summed E-state index contributed by atoms with van der Waals surface area (Å²) in [7, 11) is 0. The molecule has 4 heterocycles. The smallest absolute Gasteiger partial charge is 0.407 e. The fourth-order valence-corrected chi connectivity index (χ4v) is 7.17. The quantitative estimate of drug-likeness (QED) is 0.328. The van der Waals surface area contributed by atoms with E-state index < -0.39 is 5.60 Å². The number of rotatable bonds is 4. The lowest BCUT2D eigenvalue weighted by atomic mass is 9.73. The second kappa shape index (κ2) is 10.3. The minimum Gasteiger partial charge on any atom is -0.444 e. The first-order valence-electron chi connectivity index (χ1n) is 13.8. The molecule has 1 amide bonds. The third-order valence-electron chi connectivity index (χ3n) is 8.04. The lowest BCUT2D eigenvalue weighted by molar-refractivity contribution is 0.0420. The number of hydrogen-bond acceptors (Lipinski definition) is 8. The van der Waals surface area contributed by atoms with E-state index in [9.17, 15) is 10.1 Å². The lowest BCUT2D eigenvalue weighted by Crippen LogP contribution is -2.58. The van der Waals surface area contributed by atoms with E-state index in [1.165, 1.54) is 12.8 Å². The van der Waals surface area contributed by atoms with Gasteiger partial charge in [-0.2, -0.15) is 5.26 Å². The SMILES string of the molecule is CC(C)(C)OC(=O)NC1CN(c2ncc(Sc3ccnc4c(C#N)cccc34)c3nccn23)CCC12CCCC2. The summed E-state index contributed by atoms with van der Waals surface area (Å²) in [6.07, 6.45) is 12.6. The molecule has 1 aliphatic heterocycles. The lowest BCUT2D eigenvalue weighted by Gasteiger charge is -2.46. The van der Waals surface area contributed by atoms with E-state index >= 15 is 0 Å². The number of alkyl carbamates (subject to hydrolysis) is 1. The minimum atomic E-state index is -0.546. The Labute approximate surface area is 238 Å². The van der Waals surface area contributed by atoms with Gasteiger partial charge in [0.2, 0.25) is 5.95 Å². The van der Waals surface area contributed by atoms with Gasteiger partial charge in [-0.1, -0.05) is 36.7 Å². The van der Waals surface area contributed by atoms with E-state index in [0.717, 1.165) is 52.6 Å². The van der Waals surface area contributed by atoms with Crippen LogP contribution in [0.5, 0.6) is 0 Å². The van der Waals surface area contributed by atoms with Crippen LogP contribution in [0.1, 0.15) is 58.4 Å². The molecule has 3 aromatic heterocycles. The van der Waals surface area contributed by atoms with Gasteiger partial charge in [-0.15, -0.1) is 0 Å². The molecule has 40 heavy (non-hydrogen) atoms. The summed E-state index contributed by atoms with van der Waals surface area (Å²) in [5.74, 6) is 0.812. The zero-order chi connectivity index (χ0) is 27.9. The van der Waals surface area contributed by atoms with Crippen molar-refractivity contribution in [2.24, 2.45) is 5.41 Å². The van der Waals surface area contributed by atoms with Crippen LogP contribution in [0.2, 0.25) is 0 Å². The van der Waals surface area contributed by atoms with Crippen LogP contribution in [0, 0.1) is 16.7 Å². The van der Waals surface area contributed by atoms with Crippen LogP contribution >= 0.6 is 11.8 Å². The summed E-state index contributed by atoms with van der Waals surface area (Å²) in [4.78, 5) is 31.0. The van der Waals surface area contributed by atoms with Gasteiger partial charge in [-0.3, -0.25) is 9.38 Å². The van der Waals surface area contributed by atoms with Gasteiger partial charge in [0.05, 0.1) is 22.0 Å². The number of para-hydroxylation sites is 1. The van der Waals surface area contributed by atoms with Gasteiger partial charge in [0.25, 0.3) is 0 Å². The van der Waals surface area contributed by atoms with Crippen LogP contribution < -0.4 is 10.2 Å². The van der Waals surface area contributed by atoms with Crippen LogP contribution in [0.25, 0.3) is 16.6 Å². The number of imidazole rings is 1. The number of carbonyl (C=O) groups excluding carboxylic acids is 1. The Hall–Kier alpha value is -3.84. The molecule has 6 rings (SSSR count). The minimum absolute atomic E-state index is 0.0227. The number of nitriles is 1. The molecule has 1 saturated heterocycles. The number of carbonyl (C=O) groups is 1. The molecule has 1 N–H and O–H groups in total. The number of anilines is 1. The zero-order valence-corrected chi connectivity index (χ0v) is 23.9. The molecule has 1 aliphatic carbocycles. The third-order valence-corrected chi connectivity index (χ3v) is 9.12. The number of ether oxygens (including phenoxy) is 1. The normalized spacial score (nSPS) is 18.8. The second-order valence-corrected chi connectivity index (χ2v) is 12.8. The van der Waals surface area contributed by atoms with E-state index in [4.69, 9.17) is 9.72 Å². The highest BCUT2D eigenvalue weighted by Gasteiger charge is 2.46. The molecular weight excluding hydrogens is 522 g/mol. The number of piperidine rings is 1. The Kier molecular flexibility index (Phi) is 6.78. The fourth-order valence-electron chi connectivity index (χ4n) is 6.18. The molecule has 0 bridgehead atoms. The average molecular weight is 556 g/mol. The van der Waals surface area contributed by atoms with Crippen molar-refractivity contribution in [3.8, 4) is 6.07 Å². The van der Waals surface area contributed by atoms with Crippen molar-refractivity contribution >= 4 is 40.4 Å². The topological polar surface area (TPSA) is 108 Å². The van der Waals surface area contributed by atoms with E-state index in [1.807, 2.05) is 55.8 Å². The monoisotopic (exact) mass is 555 g/mol. The van der Waals surface area contributed by atoms with Gasteiger partial charge < -0.3 is 15.0 Å². The highest BCUT2D eigenvalue weighted by Crippen LogP contribution is 2.47. The Balaban J connectivity index is 1.29. The summed E-state index contributed by atoms with van der Waals surface area (Å²) < 4.78 is 7.67. The summed E-state index contributed by atoms with van der Waals surface area (Å²) in [5, 5.41) is 13.7. The predicted octanol–water partition coefficient (Wildman–Crippen LogP) is 5.96. The molecule has 4 aromatic rings. The Morgan fingerprint density at radius 2 is 1.95 bits per heavy atom. The predicted molar refractivity (Wildman–Crippen MR) is 154 cm³/mol. The van der Waals surface area contributed by atoms with E-state index in [1.54, 1.807) is 30.2 Å². The van der Waals surface area contributed by atoms with Gasteiger partial charge in [0.15, 0.2) is 5.65 Å². The number of nitrogens with one attached hydrogen (secondary N) is 1. The van der Waals surface area contributed by atoms with Crippen LogP contribution in [0.4, 0.5) is 10.7 Å². The van der Waals surface area contributed by atoms with Crippen molar-refractivity contribution in [2.45, 2.75) is 74.3 Å². The number of benzene rings is 1. The van der Waals surface area contributed by atoms with Crippen LogP contribution in [0.3, 0.4) is 0 Å². The largest absolute Gasteiger partial charge is 0.444 e. The van der Waals surface area contributed by atoms with E-state index in [0.29, 0.717) is 17.6 Å². The number of pyridine rings is 1. The van der Waals surface area contributed by atoms with Crippen molar-refractivity contribution < 1.29 is 9.53 Å². The number of amides is 1. The highest BCUT2D eigenvalue weighted by atomic mass is 32.2. The second-order valence-electron chi connectivity index (χ2n) is 11.7. The molecule has 206 valence electrons. The van der Waals surface area contributed by atoms with Crippen LogP contribution in [-0.2, 0) is 4.74 Å². The Morgan fingerprint density at radius 1 is 1.12 bits per heavy atom. The van der Waals surface area contributed by atoms with Crippen molar-refractivity contribution in [3.05, 3.63) is 54.6 Å². The first kappa shape index (κ1) is 26.4. The molecule has 1 aromatic carbocycles. The third kappa shape index (κ3) is 4.94. The maximum Gasteiger partial charge on any atom is 0.407 e. The number of hydrogen-bond donors (Lipinski definition) is 1. The van der Waals surface area contributed by atoms with Gasteiger partial charge in [-0.05, 0) is 57.6 Å². The molecule has 10 heteroatoms. The number of fused-ring (bicyclic) bond motifs is 2. The maximum absolute atomic E-state index is 12.8. The Morgan fingerprint density at radius 3 is 2.73 bits per heavy atom. The summed E-state index contributed by atoms with van der Waals surface area (Å²) >= 11 is 1.57. The molecule has 1 spiro atoms. The van der Waals surface area contributed by atoms with Crippen molar-refractivity contribution in [2.75, 3.05) is 18.0 Å². The maximum atomic E-state index is 12.8. The zero-order valence-electron chi connectivity index (χ0n) is 23.1. The molecule has 1 saturated carbocycles. The first-order chi connectivity index (χ1) is 19.3. The van der Waals surface area contributed by atoms with E-state index in [2.05, 4.69) is 26.3 Å².